The summed E-state index contributed by atoms with van der Waals surface area (Å²) in [7, 11) is 1.62. The molecule has 1 saturated heterocycles. The first-order chi connectivity index (χ1) is 13.5. The standard InChI is InChI=1S/C21H28N2O5/c1-27-16-10-18-13(3-2-4-19(18)23-11-16)5-6-15-7-8-17(21(22)26)20(28-15)9-14(25)12-24/h2-4,10-11,14-15,17,20,24-25H,5-9,12H2,1H3,(H2,22,26)/t14-,15+,17-,20-/m1/s1. The van der Waals surface area contributed by atoms with E-state index in [1.165, 1.54) is 0 Å². The lowest BCUT2D eigenvalue weighted by atomic mass is 9.86. The highest BCUT2D eigenvalue weighted by atomic mass is 16.5. The molecule has 0 saturated carbocycles. The van der Waals surface area contributed by atoms with Crippen molar-refractivity contribution in [3.05, 3.63) is 36.0 Å². The second kappa shape index (κ2) is 9.32. The van der Waals surface area contributed by atoms with E-state index in [-0.39, 0.29) is 19.1 Å². The number of ether oxygens (including phenoxy) is 2. The number of carbonyl (C=O) groups is 1. The van der Waals surface area contributed by atoms with Gasteiger partial charge in [0.1, 0.15) is 5.75 Å². The highest BCUT2D eigenvalue weighted by molar-refractivity contribution is 5.83. The van der Waals surface area contributed by atoms with Gasteiger partial charge >= 0.3 is 0 Å². The van der Waals surface area contributed by atoms with Gasteiger partial charge in [0.05, 0.1) is 49.7 Å². The normalized spacial score (nSPS) is 23.5. The van der Waals surface area contributed by atoms with Gasteiger partial charge in [0.15, 0.2) is 0 Å². The first-order valence-corrected chi connectivity index (χ1v) is 9.67. The Morgan fingerprint density at radius 3 is 2.96 bits per heavy atom. The van der Waals surface area contributed by atoms with Crippen molar-refractivity contribution in [1.29, 1.82) is 0 Å². The molecule has 1 aliphatic rings. The van der Waals surface area contributed by atoms with Crippen LogP contribution in [0.3, 0.4) is 0 Å². The maximum absolute atomic E-state index is 11.7. The Labute approximate surface area is 164 Å². The molecule has 2 heterocycles. The number of methoxy groups -OCH3 is 1. The van der Waals surface area contributed by atoms with Crippen LogP contribution >= 0.6 is 0 Å². The van der Waals surface area contributed by atoms with E-state index in [0.717, 1.165) is 41.5 Å². The second-order valence-electron chi connectivity index (χ2n) is 7.35. The number of rotatable bonds is 8. The van der Waals surface area contributed by atoms with E-state index in [4.69, 9.17) is 20.3 Å². The van der Waals surface area contributed by atoms with Gasteiger partial charge in [-0.15, -0.1) is 0 Å². The number of primary amides is 1. The van der Waals surface area contributed by atoms with Gasteiger partial charge in [-0.25, -0.2) is 0 Å². The molecule has 152 valence electrons. The van der Waals surface area contributed by atoms with Crippen molar-refractivity contribution in [3.63, 3.8) is 0 Å². The number of aryl methyl sites for hydroxylation is 1. The number of hydrogen-bond donors (Lipinski definition) is 3. The summed E-state index contributed by atoms with van der Waals surface area (Å²) in [5.41, 5.74) is 7.57. The van der Waals surface area contributed by atoms with Crippen LogP contribution in [0.4, 0.5) is 0 Å². The molecular formula is C21H28N2O5. The van der Waals surface area contributed by atoms with Crippen molar-refractivity contribution in [2.45, 2.75) is 50.4 Å². The number of carbonyl (C=O) groups excluding carboxylic acids is 1. The van der Waals surface area contributed by atoms with Crippen LogP contribution < -0.4 is 10.5 Å². The van der Waals surface area contributed by atoms with E-state index in [2.05, 4.69) is 11.1 Å². The van der Waals surface area contributed by atoms with Crippen LogP contribution in [0.15, 0.2) is 30.5 Å². The van der Waals surface area contributed by atoms with Gasteiger partial charge in [-0.3, -0.25) is 9.78 Å². The molecule has 1 aromatic heterocycles. The lowest BCUT2D eigenvalue weighted by molar-refractivity contribution is -0.142. The van der Waals surface area contributed by atoms with E-state index < -0.39 is 24.0 Å². The number of aliphatic hydroxyl groups excluding tert-OH is 2. The molecule has 2 aromatic rings. The minimum absolute atomic E-state index is 0.0275. The molecule has 7 nitrogen and oxygen atoms in total. The second-order valence-corrected chi connectivity index (χ2v) is 7.35. The molecule has 1 fully saturated rings. The maximum atomic E-state index is 11.7. The SMILES string of the molecule is COc1cnc2cccc(CC[C@H]3CC[C@@H](C(N)=O)[C@@H](C[C@@H](O)CO)O3)c2c1. The summed E-state index contributed by atoms with van der Waals surface area (Å²) in [5, 5.41) is 19.9. The van der Waals surface area contributed by atoms with Crippen molar-refractivity contribution >= 4 is 16.8 Å². The fraction of sp³-hybridized carbons (Fsp3) is 0.524. The van der Waals surface area contributed by atoms with E-state index >= 15 is 0 Å². The fourth-order valence-corrected chi connectivity index (χ4v) is 3.90. The minimum Gasteiger partial charge on any atom is -0.495 e. The molecular weight excluding hydrogens is 360 g/mol. The number of nitrogens with zero attached hydrogens (tertiary/aromatic N) is 1. The lowest BCUT2D eigenvalue weighted by Crippen LogP contribution is -2.44. The van der Waals surface area contributed by atoms with Gasteiger partial charge in [-0.1, -0.05) is 12.1 Å². The highest BCUT2D eigenvalue weighted by Gasteiger charge is 2.35. The lowest BCUT2D eigenvalue weighted by Gasteiger charge is -2.36. The van der Waals surface area contributed by atoms with Crippen LogP contribution in [0.25, 0.3) is 10.9 Å². The summed E-state index contributed by atoms with van der Waals surface area (Å²) in [6.45, 7) is -0.360. The molecule has 0 bridgehead atoms. The zero-order valence-electron chi connectivity index (χ0n) is 16.1. The van der Waals surface area contributed by atoms with Gasteiger partial charge in [-0.05, 0) is 43.4 Å². The molecule has 28 heavy (non-hydrogen) atoms. The average Bonchev–Trinajstić information content (AvgIpc) is 2.71. The monoisotopic (exact) mass is 388 g/mol. The summed E-state index contributed by atoms with van der Waals surface area (Å²) in [5.74, 6) is -0.125. The van der Waals surface area contributed by atoms with Gasteiger partial charge in [0.25, 0.3) is 0 Å². The van der Waals surface area contributed by atoms with Crippen LogP contribution in [0.1, 0.15) is 31.2 Å². The Hall–Kier alpha value is -2.22. The topological polar surface area (TPSA) is 115 Å². The smallest absolute Gasteiger partial charge is 0.223 e. The molecule has 3 rings (SSSR count). The summed E-state index contributed by atoms with van der Waals surface area (Å²) < 4.78 is 11.4. The van der Waals surface area contributed by atoms with Crippen molar-refractivity contribution in [2.24, 2.45) is 11.7 Å². The van der Waals surface area contributed by atoms with Crippen LogP contribution in [0.2, 0.25) is 0 Å². The van der Waals surface area contributed by atoms with E-state index in [1.807, 2.05) is 18.2 Å². The predicted molar refractivity (Wildman–Crippen MR) is 105 cm³/mol. The van der Waals surface area contributed by atoms with E-state index in [0.29, 0.717) is 6.42 Å². The van der Waals surface area contributed by atoms with Crippen LogP contribution in [-0.2, 0) is 16.0 Å². The third-order valence-corrected chi connectivity index (χ3v) is 5.46. The Morgan fingerprint density at radius 2 is 2.25 bits per heavy atom. The van der Waals surface area contributed by atoms with Crippen molar-refractivity contribution in [1.82, 2.24) is 4.98 Å². The molecule has 7 heteroatoms. The molecule has 4 N–H and O–H groups in total. The number of aromatic nitrogens is 1. The van der Waals surface area contributed by atoms with E-state index in [9.17, 15) is 9.90 Å². The highest BCUT2D eigenvalue weighted by Crippen LogP contribution is 2.31. The zero-order valence-corrected chi connectivity index (χ0v) is 16.1. The van der Waals surface area contributed by atoms with Crippen LogP contribution in [-0.4, -0.2) is 53.1 Å². The number of hydrogen-bond acceptors (Lipinski definition) is 6. The summed E-state index contributed by atoms with van der Waals surface area (Å²) in [6.07, 6.45) is 3.46. The Kier molecular flexibility index (Phi) is 6.83. The van der Waals surface area contributed by atoms with E-state index in [1.54, 1.807) is 13.3 Å². The first-order valence-electron chi connectivity index (χ1n) is 9.67. The quantitative estimate of drug-likeness (QED) is 0.632. The number of benzene rings is 1. The first kappa shape index (κ1) is 20.5. The summed E-state index contributed by atoms with van der Waals surface area (Å²) >= 11 is 0. The Balaban J connectivity index is 1.69. The fourth-order valence-electron chi connectivity index (χ4n) is 3.90. The average molecular weight is 388 g/mol. The number of aliphatic hydroxyl groups is 2. The molecule has 1 aliphatic heterocycles. The molecule has 0 aliphatic carbocycles. The van der Waals surface area contributed by atoms with Crippen molar-refractivity contribution in [3.8, 4) is 5.75 Å². The van der Waals surface area contributed by atoms with Gasteiger partial charge in [0.2, 0.25) is 5.91 Å². The van der Waals surface area contributed by atoms with Crippen LogP contribution in [0, 0.1) is 5.92 Å². The summed E-state index contributed by atoms with van der Waals surface area (Å²) in [6, 6.07) is 8.02. The van der Waals surface area contributed by atoms with Crippen molar-refractivity contribution < 1.29 is 24.5 Å². The third kappa shape index (κ3) is 4.79. The Morgan fingerprint density at radius 1 is 1.43 bits per heavy atom. The molecule has 0 radical (unpaired) electrons. The minimum atomic E-state index is -0.915. The van der Waals surface area contributed by atoms with Crippen molar-refractivity contribution in [2.75, 3.05) is 13.7 Å². The van der Waals surface area contributed by atoms with Gasteiger partial charge in [-0.2, -0.15) is 0 Å². The molecule has 1 amide bonds. The maximum Gasteiger partial charge on any atom is 0.223 e. The number of nitrogens with two attached hydrogens (primary N) is 1. The molecule has 1 aromatic carbocycles. The summed E-state index contributed by atoms with van der Waals surface area (Å²) in [4.78, 5) is 16.1. The molecule has 4 atom stereocenters. The molecule has 0 unspecified atom stereocenters. The number of pyridine rings is 1. The third-order valence-electron chi connectivity index (χ3n) is 5.46. The number of fused-ring (bicyclic) bond motifs is 1. The van der Waals surface area contributed by atoms with Crippen LogP contribution in [0.5, 0.6) is 5.75 Å². The molecule has 0 spiro atoms. The largest absolute Gasteiger partial charge is 0.495 e. The van der Waals surface area contributed by atoms with Gasteiger partial charge < -0.3 is 25.4 Å². The predicted octanol–water partition coefficient (Wildman–Crippen LogP) is 1.57. The Bertz CT molecular complexity index is 812. The number of amides is 1. The van der Waals surface area contributed by atoms with Gasteiger partial charge in [0, 0.05) is 11.8 Å². The zero-order chi connectivity index (χ0) is 20.1.